The number of piperazine rings is 1. The van der Waals surface area contributed by atoms with Crippen LogP contribution in [-0.4, -0.2) is 71.2 Å². The number of carbonyl (C=O) groups excluding carboxylic acids is 2. The van der Waals surface area contributed by atoms with Gasteiger partial charge >= 0.3 is 6.09 Å². The second-order valence-corrected chi connectivity index (χ2v) is 11.2. The molecule has 0 N–H and O–H groups in total. The van der Waals surface area contributed by atoms with Crippen molar-refractivity contribution in [3.05, 3.63) is 58.2 Å². The van der Waals surface area contributed by atoms with E-state index >= 15 is 0 Å². The van der Waals surface area contributed by atoms with E-state index in [1.807, 2.05) is 62.1 Å². The van der Waals surface area contributed by atoms with Gasteiger partial charge in [0, 0.05) is 57.3 Å². The van der Waals surface area contributed by atoms with E-state index in [2.05, 4.69) is 9.88 Å². The lowest BCUT2D eigenvalue weighted by molar-refractivity contribution is -0.120. The Hall–Kier alpha value is -2.35. The average molecular weight is 534 g/mol. The van der Waals surface area contributed by atoms with Crippen LogP contribution in [0, 0.1) is 0 Å². The molecule has 2 aliphatic heterocycles. The van der Waals surface area contributed by atoms with E-state index in [1.165, 1.54) is 0 Å². The smallest absolute Gasteiger partial charge is 0.410 e. The molecule has 2 saturated heterocycles. The van der Waals surface area contributed by atoms with E-state index in [4.69, 9.17) is 27.9 Å². The molecular formula is C27H34Cl2N4O3. The molecule has 1 aromatic heterocycles. The lowest BCUT2D eigenvalue weighted by atomic mass is 9.81. The fourth-order valence-electron chi connectivity index (χ4n) is 5.01. The monoisotopic (exact) mass is 532 g/mol. The van der Waals surface area contributed by atoms with Crippen LogP contribution in [0.4, 0.5) is 10.6 Å². The zero-order valence-corrected chi connectivity index (χ0v) is 22.6. The average Bonchev–Trinajstić information content (AvgIpc) is 2.84. The molecule has 1 aromatic carbocycles. The van der Waals surface area contributed by atoms with Gasteiger partial charge < -0.3 is 9.64 Å². The Morgan fingerprint density at radius 2 is 1.83 bits per heavy atom. The lowest BCUT2D eigenvalue weighted by Gasteiger charge is -2.42. The Kier molecular flexibility index (Phi) is 8.43. The quantitative estimate of drug-likeness (QED) is 0.500. The fourth-order valence-corrected chi connectivity index (χ4v) is 5.31. The summed E-state index contributed by atoms with van der Waals surface area (Å²) in [6.45, 7) is 9.22. The number of piperidine rings is 1. The van der Waals surface area contributed by atoms with Crippen molar-refractivity contribution in [2.24, 2.45) is 0 Å². The first-order chi connectivity index (χ1) is 17.1. The molecule has 2 aromatic rings. The number of carbonyl (C=O) groups is 2. The van der Waals surface area contributed by atoms with Gasteiger partial charge in [-0.25, -0.2) is 9.78 Å². The largest absolute Gasteiger partial charge is 0.444 e. The number of ether oxygens (including phenoxy) is 1. The lowest BCUT2D eigenvalue weighted by Crippen LogP contribution is -2.52. The van der Waals surface area contributed by atoms with E-state index in [-0.39, 0.29) is 24.0 Å². The number of pyridine rings is 1. The summed E-state index contributed by atoms with van der Waals surface area (Å²) in [4.78, 5) is 36.1. The maximum absolute atomic E-state index is 13.2. The minimum atomic E-state index is -0.504. The summed E-state index contributed by atoms with van der Waals surface area (Å²) in [5.74, 6) is 0.874. The summed E-state index contributed by atoms with van der Waals surface area (Å²) >= 11 is 12.6. The summed E-state index contributed by atoms with van der Waals surface area (Å²) in [5.41, 5.74) is 0.577. The predicted molar refractivity (Wildman–Crippen MR) is 143 cm³/mol. The molecule has 194 valence electrons. The number of hydrogen-bond donors (Lipinski definition) is 0. The van der Waals surface area contributed by atoms with E-state index < -0.39 is 5.60 Å². The van der Waals surface area contributed by atoms with Crippen LogP contribution in [0.1, 0.15) is 51.5 Å². The van der Waals surface area contributed by atoms with Crippen LogP contribution < -0.4 is 4.90 Å². The molecule has 2 atom stereocenters. The summed E-state index contributed by atoms with van der Waals surface area (Å²) < 4.78 is 5.52. The van der Waals surface area contributed by atoms with Crippen molar-refractivity contribution < 1.29 is 14.3 Å². The normalized spacial score (nSPS) is 21.5. The number of benzene rings is 1. The second kappa shape index (κ2) is 11.4. The highest BCUT2D eigenvalue weighted by atomic mass is 35.5. The Labute approximate surface area is 223 Å². The van der Waals surface area contributed by atoms with Gasteiger partial charge in [0.2, 0.25) is 5.91 Å². The van der Waals surface area contributed by atoms with Gasteiger partial charge in [-0.05, 0) is 63.4 Å². The molecule has 2 aliphatic rings. The second-order valence-electron chi connectivity index (χ2n) is 10.4. The van der Waals surface area contributed by atoms with Gasteiger partial charge in [-0.15, -0.1) is 0 Å². The number of rotatable bonds is 5. The van der Waals surface area contributed by atoms with Crippen LogP contribution in [0.5, 0.6) is 0 Å². The van der Waals surface area contributed by atoms with Gasteiger partial charge in [0.15, 0.2) is 0 Å². The van der Waals surface area contributed by atoms with Gasteiger partial charge in [-0.2, -0.15) is 0 Å². The summed E-state index contributed by atoms with van der Waals surface area (Å²) in [7, 11) is 0. The molecule has 0 saturated carbocycles. The molecular weight excluding hydrogens is 499 g/mol. The molecule has 0 bridgehead atoms. The number of anilines is 1. The van der Waals surface area contributed by atoms with Gasteiger partial charge in [0.05, 0.1) is 10.0 Å². The fraction of sp³-hybridized carbons (Fsp3) is 0.519. The van der Waals surface area contributed by atoms with E-state index in [0.29, 0.717) is 35.4 Å². The minimum Gasteiger partial charge on any atom is -0.444 e. The molecule has 9 heteroatoms. The van der Waals surface area contributed by atoms with Crippen LogP contribution in [0.2, 0.25) is 10.0 Å². The Morgan fingerprint density at radius 1 is 1.08 bits per heavy atom. The molecule has 4 rings (SSSR count). The van der Waals surface area contributed by atoms with Crippen molar-refractivity contribution in [1.29, 1.82) is 0 Å². The molecule has 3 heterocycles. The molecule has 0 radical (unpaired) electrons. The highest BCUT2D eigenvalue weighted by molar-refractivity contribution is 6.42. The Bertz CT molecular complexity index is 1070. The summed E-state index contributed by atoms with van der Waals surface area (Å²) in [5, 5.41) is 1.04. The van der Waals surface area contributed by atoms with Gasteiger partial charge in [0.1, 0.15) is 11.4 Å². The van der Waals surface area contributed by atoms with Crippen molar-refractivity contribution in [2.75, 3.05) is 37.6 Å². The van der Waals surface area contributed by atoms with Crippen LogP contribution >= 0.6 is 23.2 Å². The van der Waals surface area contributed by atoms with Gasteiger partial charge in [0.25, 0.3) is 0 Å². The first-order valence-electron chi connectivity index (χ1n) is 12.5. The van der Waals surface area contributed by atoms with Crippen LogP contribution in [0.25, 0.3) is 0 Å². The first-order valence-corrected chi connectivity index (χ1v) is 13.3. The number of amides is 2. The highest BCUT2D eigenvalue weighted by Crippen LogP contribution is 2.39. The number of aromatic nitrogens is 1. The topological polar surface area (TPSA) is 66.0 Å². The number of nitrogens with zero attached hydrogens (tertiary/aromatic N) is 4. The summed E-state index contributed by atoms with van der Waals surface area (Å²) in [6.07, 6.45) is 3.43. The summed E-state index contributed by atoms with van der Waals surface area (Å²) in [6, 6.07) is 11.3. The standard InChI is InChI=1S/C27H34Cl2N4O3/c1-27(2,3)36-26(35)32-16-14-31(15-17-32)13-11-23-20(19-7-9-21(28)22(29)18-19)8-10-25(34)33(23)24-6-4-5-12-30-24/h4-7,9,12,18,20,23H,8,10-11,13-17H2,1-3H3/t20-,23?/m0/s1. The van der Waals surface area contributed by atoms with Crippen LogP contribution in [0.3, 0.4) is 0 Å². The zero-order valence-electron chi connectivity index (χ0n) is 21.1. The van der Waals surface area contributed by atoms with Crippen molar-refractivity contribution in [3.63, 3.8) is 0 Å². The van der Waals surface area contributed by atoms with Crippen molar-refractivity contribution in [1.82, 2.24) is 14.8 Å². The minimum absolute atomic E-state index is 0.0673. The number of hydrogen-bond acceptors (Lipinski definition) is 5. The van der Waals surface area contributed by atoms with E-state index in [1.54, 1.807) is 11.1 Å². The third-order valence-corrected chi connectivity index (χ3v) is 7.51. The van der Waals surface area contributed by atoms with Crippen LogP contribution in [0.15, 0.2) is 42.6 Å². The van der Waals surface area contributed by atoms with Crippen molar-refractivity contribution >= 4 is 41.0 Å². The van der Waals surface area contributed by atoms with Crippen molar-refractivity contribution in [2.45, 2.75) is 57.6 Å². The molecule has 0 spiro atoms. The molecule has 2 fully saturated rings. The van der Waals surface area contributed by atoms with Crippen LogP contribution in [-0.2, 0) is 9.53 Å². The third-order valence-electron chi connectivity index (χ3n) is 6.77. The molecule has 0 aliphatic carbocycles. The zero-order chi connectivity index (χ0) is 25.9. The third kappa shape index (κ3) is 6.50. The molecule has 2 amide bonds. The molecule has 7 nitrogen and oxygen atoms in total. The number of halogens is 2. The van der Waals surface area contributed by atoms with Gasteiger partial charge in [-0.3, -0.25) is 14.6 Å². The van der Waals surface area contributed by atoms with E-state index in [9.17, 15) is 9.59 Å². The predicted octanol–water partition coefficient (Wildman–Crippen LogP) is 5.61. The molecule has 1 unspecified atom stereocenters. The Morgan fingerprint density at radius 3 is 2.47 bits per heavy atom. The molecule has 36 heavy (non-hydrogen) atoms. The maximum atomic E-state index is 13.2. The highest BCUT2D eigenvalue weighted by Gasteiger charge is 2.38. The maximum Gasteiger partial charge on any atom is 0.410 e. The van der Waals surface area contributed by atoms with Gasteiger partial charge in [-0.1, -0.05) is 35.3 Å². The Balaban J connectivity index is 1.49. The van der Waals surface area contributed by atoms with Crippen molar-refractivity contribution in [3.8, 4) is 0 Å². The first kappa shape index (κ1) is 26.7. The SMILES string of the molecule is CC(C)(C)OC(=O)N1CCN(CCC2[C@H](c3ccc(Cl)c(Cl)c3)CCC(=O)N2c2ccccn2)CC1. The van der Waals surface area contributed by atoms with E-state index in [0.717, 1.165) is 38.0 Å².